The molecule has 0 unspecified atom stereocenters. The molecule has 0 aliphatic heterocycles. The van der Waals surface area contributed by atoms with Crippen LogP contribution in [0.15, 0.2) is 23.0 Å². The number of nitrogen functional groups attached to an aromatic ring is 1. The van der Waals surface area contributed by atoms with Gasteiger partial charge in [0.1, 0.15) is 5.56 Å². The van der Waals surface area contributed by atoms with E-state index in [1.165, 1.54) is 6.07 Å². The summed E-state index contributed by atoms with van der Waals surface area (Å²) >= 11 is 0. The molecule has 2 rings (SSSR count). The molecule has 0 spiro atoms. The second kappa shape index (κ2) is 3.37. The summed E-state index contributed by atoms with van der Waals surface area (Å²) in [7, 11) is 0. The van der Waals surface area contributed by atoms with Crippen molar-refractivity contribution in [1.29, 1.82) is 0 Å². The number of nitrogens with one attached hydrogen (secondary N) is 1. The van der Waals surface area contributed by atoms with Crippen LogP contribution >= 0.6 is 0 Å². The summed E-state index contributed by atoms with van der Waals surface area (Å²) in [6.07, 6.45) is 0. The van der Waals surface area contributed by atoms with Gasteiger partial charge in [0, 0.05) is 11.1 Å². The number of hydrogen-bond donors (Lipinski definition) is 3. The van der Waals surface area contributed by atoms with E-state index in [0.29, 0.717) is 16.6 Å². The Bertz CT molecular complexity index is 643. The van der Waals surface area contributed by atoms with Crippen LogP contribution in [0.3, 0.4) is 0 Å². The number of rotatable bonds is 1. The first-order chi connectivity index (χ1) is 7.50. The maximum absolute atomic E-state index is 11.5. The van der Waals surface area contributed by atoms with E-state index in [4.69, 9.17) is 10.8 Å². The largest absolute Gasteiger partial charge is 0.477 e. The number of aromatic carboxylic acids is 1. The summed E-state index contributed by atoms with van der Waals surface area (Å²) in [5.74, 6) is -1.26. The molecule has 0 fully saturated rings. The van der Waals surface area contributed by atoms with E-state index in [-0.39, 0.29) is 5.56 Å². The Balaban J connectivity index is 2.95. The molecular weight excluding hydrogens is 208 g/mol. The van der Waals surface area contributed by atoms with E-state index in [0.717, 1.165) is 5.56 Å². The number of nitrogens with two attached hydrogens (primary N) is 1. The van der Waals surface area contributed by atoms with Gasteiger partial charge in [-0.3, -0.25) is 4.79 Å². The van der Waals surface area contributed by atoms with Crippen LogP contribution in [0.5, 0.6) is 0 Å². The van der Waals surface area contributed by atoms with Crippen LogP contribution in [0.1, 0.15) is 15.9 Å². The van der Waals surface area contributed by atoms with Crippen molar-refractivity contribution >= 4 is 22.6 Å². The molecule has 1 aromatic carbocycles. The lowest BCUT2D eigenvalue weighted by atomic mass is 10.1. The predicted octanol–water partition coefficient (Wildman–Crippen LogP) is 1.12. The number of anilines is 1. The fourth-order valence-electron chi connectivity index (χ4n) is 1.62. The first kappa shape index (κ1) is 10.2. The molecule has 5 heteroatoms. The number of hydrogen-bond acceptors (Lipinski definition) is 3. The molecule has 0 saturated carbocycles. The Morgan fingerprint density at radius 3 is 2.75 bits per heavy atom. The summed E-state index contributed by atoms with van der Waals surface area (Å²) in [6, 6.07) is 4.76. The zero-order chi connectivity index (χ0) is 11.9. The molecule has 1 heterocycles. The van der Waals surface area contributed by atoms with Crippen molar-refractivity contribution in [3.05, 3.63) is 39.7 Å². The van der Waals surface area contributed by atoms with Crippen molar-refractivity contribution < 1.29 is 9.90 Å². The summed E-state index contributed by atoms with van der Waals surface area (Å²) < 4.78 is 0. The molecule has 0 amide bonds. The maximum atomic E-state index is 11.5. The van der Waals surface area contributed by atoms with Crippen molar-refractivity contribution in [2.24, 2.45) is 0 Å². The van der Waals surface area contributed by atoms with Crippen molar-refractivity contribution in [2.75, 3.05) is 5.73 Å². The Morgan fingerprint density at radius 2 is 2.12 bits per heavy atom. The Kier molecular flexibility index (Phi) is 2.16. The molecule has 5 nitrogen and oxygen atoms in total. The van der Waals surface area contributed by atoms with Crippen molar-refractivity contribution in [3.8, 4) is 0 Å². The first-order valence-corrected chi connectivity index (χ1v) is 4.66. The van der Waals surface area contributed by atoms with Gasteiger partial charge in [-0.25, -0.2) is 4.79 Å². The van der Waals surface area contributed by atoms with Gasteiger partial charge in [0.15, 0.2) is 0 Å². The number of H-pyrrole nitrogens is 1. The molecule has 82 valence electrons. The summed E-state index contributed by atoms with van der Waals surface area (Å²) in [6.45, 7) is 1.82. The van der Waals surface area contributed by atoms with E-state index in [2.05, 4.69) is 4.98 Å². The van der Waals surface area contributed by atoms with E-state index in [1.807, 2.05) is 6.92 Å². The number of fused-ring (bicyclic) bond motifs is 1. The third-order valence-corrected chi connectivity index (χ3v) is 2.49. The summed E-state index contributed by atoms with van der Waals surface area (Å²) in [4.78, 5) is 24.8. The molecule has 16 heavy (non-hydrogen) atoms. The van der Waals surface area contributed by atoms with Crippen LogP contribution in [0, 0.1) is 6.92 Å². The van der Waals surface area contributed by atoms with E-state index in [1.54, 1.807) is 12.1 Å². The molecule has 0 bridgehead atoms. The normalized spacial score (nSPS) is 10.6. The number of pyridine rings is 1. The minimum atomic E-state index is -1.26. The van der Waals surface area contributed by atoms with Gasteiger partial charge >= 0.3 is 5.97 Å². The molecule has 2 aromatic rings. The highest BCUT2D eigenvalue weighted by molar-refractivity contribution is 5.97. The lowest BCUT2D eigenvalue weighted by Gasteiger charge is -2.05. The standard InChI is InChI=1S/C11H10N2O3/c1-5-2-3-8(12)6-4-7(11(15)16)10(14)13-9(5)6/h2-4H,12H2,1H3,(H,13,14)(H,15,16). The van der Waals surface area contributed by atoms with Crippen LogP contribution in [0.4, 0.5) is 5.69 Å². The van der Waals surface area contributed by atoms with Crippen LogP contribution in [-0.4, -0.2) is 16.1 Å². The smallest absolute Gasteiger partial charge is 0.341 e. The Labute approximate surface area is 90.5 Å². The fourth-order valence-corrected chi connectivity index (χ4v) is 1.62. The van der Waals surface area contributed by atoms with Crippen molar-refractivity contribution in [1.82, 2.24) is 4.98 Å². The lowest BCUT2D eigenvalue weighted by molar-refractivity contribution is 0.0695. The molecule has 0 saturated heterocycles. The van der Waals surface area contributed by atoms with Gasteiger partial charge in [-0.05, 0) is 24.6 Å². The zero-order valence-electron chi connectivity index (χ0n) is 8.57. The third kappa shape index (κ3) is 1.42. The Hall–Kier alpha value is -2.30. The summed E-state index contributed by atoms with van der Waals surface area (Å²) in [5, 5.41) is 9.38. The highest BCUT2D eigenvalue weighted by Crippen LogP contribution is 2.21. The number of aromatic amines is 1. The second-order valence-corrected chi connectivity index (χ2v) is 3.58. The number of carbonyl (C=O) groups is 1. The third-order valence-electron chi connectivity index (χ3n) is 2.49. The molecule has 0 radical (unpaired) electrons. The fraction of sp³-hybridized carbons (Fsp3) is 0.0909. The van der Waals surface area contributed by atoms with E-state index < -0.39 is 11.5 Å². The topological polar surface area (TPSA) is 96.2 Å². The van der Waals surface area contributed by atoms with Gasteiger partial charge in [-0.15, -0.1) is 0 Å². The van der Waals surface area contributed by atoms with Gasteiger partial charge in [0.25, 0.3) is 5.56 Å². The first-order valence-electron chi connectivity index (χ1n) is 4.66. The van der Waals surface area contributed by atoms with Gasteiger partial charge in [-0.2, -0.15) is 0 Å². The minimum absolute atomic E-state index is 0.301. The van der Waals surface area contributed by atoms with E-state index in [9.17, 15) is 9.59 Å². The van der Waals surface area contributed by atoms with Gasteiger partial charge < -0.3 is 15.8 Å². The quantitative estimate of drug-likeness (QED) is 0.625. The highest BCUT2D eigenvalue weighted by atomic mass is 16.4. The SMILES string of the molecule is Cc1ccc(N)c2cc(C(=O)O)c(=O)[nH]c12. The summed E-state index contributed by atoms with van der Waals surface area (Å²) in [5.41, 5.74) is 6.68. The number of carboxylic acid groups (broad SMARTS) is 1. The van der Waals surface area contributed by atoms with Gasteiger partial charge in [0.2, 0.25) is 0 Å². The molecule has 1 aromatic heterocycles. The minimum Gasteiger partial charge on any atom is -0.477 e. The number of aryl methyl sites for hydroxylation is 1. The van der Waals surface area contributed by atoms with Crippen LogP contribution in [0.2, 0.25) is 0 Å². The second-order valence-electron chi connectivity index (χ2n) is 3.58. The van der Waals surface area contributed by atoms with Gasteiger partial charge in [-0.1, -0.05) is 6.07 Å². The van der Waals surface area contributed by atoms with E-state index >= 15 is 0 Å². The lowest BCUT2D eigenvalue weighted by Crippen LogP contribution is -2.17. The molecule has 0 aliphatic carbocycles. The van der Waals surface area contributed by atoms with Gasteiger partial charge in [0.05, 0.1) is 5.52 Å². The average Bonchev–Trinajstić information content (AvgIpc) is 2.23. The number of benzene rings is 1. The van der Waals surface area contributed by atoms with Crippen LogP contribution < -0.4 is 11.3 Å². The van der Waals surface area contributed by atoms with Crippen molar-refractivity contribution in [3.63, 3.8) is 0 Å². The number of carboxylic acids is 1. The van der Waals surface area contributed by atoms with Crippen LogP contribution in [-0.2, 0) is 0 Å². The Morgan fingerprint density at radius 1 is 1.44 bits per heavy atom. The monoisotopic (exact) mass is 218 g/mol. The molecule has 0 atom stereocenters. The van der Waals surface area contributed by atoms with Crippen LogP contribution in [0.25, 0.3) is 10.9 Å². The highest BCUT2D eigenvalue weighted by Gasteiger charge is 2.12. The predicted molar refractivity (Wildman–Crippen MR) is 60.7 cm³/mol. The van der Waals surface area contributed by atoms with Crippen molar-refractivity contribution in [2.45, 2.75) is 6.92 Å². The zero-order valence-corrected chi connectivity index (χ0v) is 8.57. The number of aromatic nitrogens is 1. The molecule has 4 N–H and O–H groups in total. The molecule has 0 aliphatic rings. The maximum Gasteiger partial charge on any atom is 0.341 e. The molecular formula is C11H10N2O3. The average molecular weight is 218 g/mol.